The molecule has 1 aromatic carbocycles. The van der Waals surface area contributed by atoms with Crippen molar-refractivity contribution in [3.8, 4) is 17.4 Å². The van der Waals surface area contributed by atoms with Gasteiger partial charge >= 0.3 is 0 Å². The fraction of sp³-hybridized carbons (Fsp3) is 0.417. The smallest absolute Gasteiger partial charge is 0.238 e. The molecule has 0 atom stereocenters. The average molecular weight is 420 g/mol. The van der Waals surface area contributed by atoms with E-state index in [1.165, 1.54) is 25.7 Å². The Morgan fingerprint density at radius 1 is 1.06 bits per heavy atom. The van der Waals surface area contributed by atoms with Crippen molar-refractivity contribution in [2.75, 3.05) is 5.32 Å². The largest absolute Gasteiger partial charge is 0.438 e. The molecule has 31 heavy (non-hydrogen) atoms. The predicted molar refractivity (Wildman–Crippen MR) is 120 cm³/mol. The molecule has 4 rings (SSSR count). The second kappa shape index (κ2) is 9.29. The first-order chi connectivity index (χ1) is 15.0. The third kappa shape index (κ3) is 5.10. The second-order valence-electron chi connectivity index (χ2n) is 8.30. The van der Waals surface area contributed by atoms with E-state index < -0.39 is 0 Å². The number of nitrogens with zero attached hydrogens (tertiary/aromatic N) is 4. The van der Waals surface area contributed by atoms with Crippen LogP contribution in [0.15, 0.2) is 36.4 Å². The maximum absolute atomic E-state index is 12.2. The van der Waals surface area contributed by atoms with Gasteiger partial charge in [-0.3, -0.25) is 4.79 Å². The molecule has 1 amide bonds. The van der Waals surface area contributed by atoms with Crippen molar-refractivity contribution in [2.45, 2.75) is 59.3 Å². The average Bonchev–Trinajstić information content (AvgIpc) is 3.39. The van der Waals surface area contributed by atoms with Gasteiger partial charge in [-0.05, 0) is 69.0 Å². The predicted octanol–water partition coefficient (Wildman–Crippen LogP) is 5.29. The standard InChI is InChI=1S/C24H29N5O2/c1-16-17(2)28-29(18(16)3)22-13-15-24(27-26-22)31-21-11-9-20(10-12-21)25-23(30)14-8-19-6-4-5-7-19/h9-13,15,19H,4-8,14H2,1-3H3,(H,25,30). The van der Waals surface area contributed by atoms with Gasteiger partial charge in [-0.1, -0.05) is 25.7 Å². The summed E-state index contributed by atoms with van der Waals surface area (Å²) in [5.41, 5.74) is 3.93. The van der Waals surface area contributed by atoms with Gasteiger partial charge in [0.15, 0.2) is 5.82 Å². The molecule has 0 unspecified atom stereocenters. The van der Waals surface area contributed by atoms with Crippen molar-refractivity contribution in [3.05, 3.63) is 53.3 Å². The number of aromatic nitrogens is 4. The zero-order valence-corrected chi connectivity index (χ0v) is 18.4. The summed E-state index contributed by atoms with van der Waals surface area (Å²) in [6, 6.07) is 10.9. The molecule has 1 aliphatic rings. The fourth-order valence-electron chi connectivity index (χ4n) is 4.01. The fourth-order valence-corrected chi connectivity index (χ4v) is 4.01. The molecule has 1 N–H and O–H groups in total. The zero-order chi connectivity index (χ0) is 21.8. The molecule has 0 saturated heterocycles. The van der Waals surface area contributed by atoms with E-state index in [2.05, 4.69) is 20.6 Å². The minimum absolute atomic E-state index is 0.0708. The highest BCUT2D eigenvalue weighted by Crippen LogP contribution is 2.29. The second-order valence-corrected chi connectivity index (χ2v) is 8.30. The summed E-state index contributed by atoms with van der Waals surface area (Å²) >= 11 is 0. The Labute approximate surface area is 182 Å². The number of nitrogens with one attached hydrogen (secondary N) is 1. The van der Waals surface area contributed by atoms with E-state index in [1.807, 2.05) is 51.1 Å². The molecular weight excluding hydrogens is 390 g/mol. The number of hydrogen-bond acceptors (Lipinski definition) is 5. The van der Waals surface area contributed by atoms with Gasteiger partial charge in [-0.25, -0.2) is 4.68 Å². The van der Waals surface area contributed by atoms with Crippen LogP contribution in [0.2, 0.25) is 0 Å². The first-order valence-electron chi connectivity index (χ1n) is 10.9. The first kappa shape index (κ1) is 21.0. The number of amides is 1. The summed E-state index contributed by atoms with van der Waals surface area (Å²) in [7, 11) is 0. The molecule has 1 aliphatic carbocycles. The van der Waals surface area contributed by atoms with Gasteiger partial charge in [0.05, 0.1) is 5.69 Å². The van der Waals surface area contributed by atoms with Crippen LogP contribution in [0.4, 0.5) is 5.69 Å². The molecule has 162 valence electrons. The van der Waals surface area contributed by atoms with Gasteiger partial charge in [-0.2, -0.15) is 5.10 Å². The molecule has 0 aliphatic heterocycles. The Balaban J connectivity index is 1.32. The number of anilines is 1. The van der Waals surface area contributed by atoms with E-state index >= 15 is 0 Å². The van der Waals surface area contributed by atoms with Gasteiger partial charge in [0.1, 0.15) is 5.75 Å². The van der Waals surface area contributed by atoms with Crippen LogP contribution in [0.1, 0.15) is 55.5 Å². The highest BCUT2D eigenvalue weighted by molar-refractivity contribution is 5.90. The minimum atomic E-state index is 0.0708. The number of carbonyl (C=O) groups excluding carboxylic acids is 1. The molecule has 1 saturated carbocycles. The van der Waals surface area contributed by atoms with Crippen molar-refractivity contribution in [3.63, 3.8) is 0 Å². The van der Waals surface area contributed by atoms with E-state index in [1.54, 1.807) is 10.7 Å². The van der Waals surface area contributed by atoms with Crippen LogP contribution in [-0.4, -0.2) is 25.9 Å². The van der Waals surface area contributed by atoms with Crippen LogP contribution in [-0.2, 0) is 4.79 Å². The van der Waals surface area contributed by atoms with Crippen LogP contribution in [0.5, 0.6) is 11.6 Å². The quantitative estimate of drug-likeness (QED) is 0.563. The van der Waals surface area contributed by atoms with Crippen molar-refractivity contribution in [1.82, 2.24) is 20.0 Å². The number of benzene rings is 1. The van der Waals surface area contributed by atoms with E-state index in [0.29, 0.717) is 23.9 Å². The van der Waals surface area contributed by atoms with E-state index in [9.17, 15) is 4.79 Å². The molecule has 3 aromatic rings. The maximum Gasteiger partial charge on any atom is 0.238 e. The topological polar surface area (TPSA) is 81.9 Å². The molecule has 2 heterocycles. The third-order valence-corrected chi connectivity index (χ3v) is 6.11. The molecule has 7 heteroatoms. The number of ether oxygens (including phenoxy) is 1. The SMILES string of the molecule is Cc1nn(-c2ccc(Oc3ccc(NC(=O)CCC4CCCC4)cc3)nn2)c(C)c1C. The summed E-state index contributed by atoms with van der Waals surface area (Å²) in [4.78, 5) is 12.2. The van der Waals surface area contributed by atoms with Gasteiger partial charge in [0.25, 0.3) is 0 Å². The molecule has 0 bridgehead atoms. The molecule has 0 radical (unpaired) electrons. The Morgan fingerprint density at radius 3 is 2.42 bits per heavy atom. The van der Waals surface area contributed by atoms with Crippen molar-refractivity contribution >= 4 is 11.6 Å². The number of rotatable bonds is 7. The molecule has 1 fully saturated rings. The van der Waals surface area contributed by atoms with Crippen molar-refractivity contribution < 1.29 is 9.53 Å². The lowest BCUT2D eigenvalue weighted by atomic mass is 10.0. The van der Waals surface area contributed by atoms with Gasteiger partial charge < -0.3 is 10.1 Å². The van der Waals surface area contributed by atoms with Crippen LogP contribution < -0.4 is 10.1 Å². The van der Waals surface area contributed by atoms with Gasteiger partial charge in [-0.15, -0.1) is 10.2 Å². The van der Waals surface area contributed by atoms with Gasteiger partial charge in [0, 0.05) is 23.9 Å². The Morgan fingerprint density at radius 2 is 1.81 bits per heavy atom. The van der Waals surface area contributed by atoms with Crippen molar-refractivity contribution in [1.29, 1.82) is 0 Å². The molecular formula is C24H29N5O2. The molecule has 7 nitrogen and oxygen atoms in total. The monoisotopic (exact) mass is 419 g/mol. The number of carbonyl (C=O) groups is 1. The third-order valence-electron chi connectivity index (χ3n) is 6.11. The molecule has 0 spiro atoms. The van der Waals surface area contributed by atoms with E-state index in [-0.39, 0.29) is 5.91 Å². The summed E-state index contributed by atoms with van der Waals surface area (Å²) in [5, 5.41) is 15.9. The lowest BCUT2D eigenvalue weighted by molar-refractivity contribution is -0.116. The zero-order valence-electron chi connectivity index (χ0n) is 18.4. The minimum Gasteiger partial charge on any atom is -0.438 e. The lowest BCUT2D eigenvalue weighted by Crippen LogP contribution is -2.12. The van der Waals surface area contributed by atoms with Crippen LogP contribution >= 0.6 is 0 Å². The summed E-state index contributed by atoms with van der Waals surface area (Å²) in [6.45, 7) is 6.03. The van der Waals surface area contributed by atoms with Crippen molar-refractivity contribution in [2.24, 2.45) is 5.92 Å². The maximum atomic E-state index is 12.2. The summed E-state index contributed by atoms with van der Waals surface area (Å²) in [5.74, 6) is 2.47. The highest BCUT2D eigenvalue weighted by Gasteiger charge is 2.16. The number of hydrogen-bond donors (Lipinski definition) is 1. The lowest BCUT2D eigenvalue weighted by Gasteiger charge is -2.10. The Hall–Kier alpha value is -3.22. The van der Waals surface area contributed by atoms with E-state index in [4.69, 9.17) is 4.74 Å². The highest BCUT2D eigenvalue weighted by atomic mass is 16.5. The van der Waals surface area contributed by atoms with Crippen LogP contribution in [0.3, 0.4) is 0 Å². The first-order valence-corrected chi connectivity index (χ1v) is 10.9. The number of aryl methyl sites for hydroxylation is 1. The van der Waals surface area contributed by atoms with E-state index in [0.717, 1.165) is 35.0 Å². The Bertz CT molecular complexity index is 1040. The van der Waals surface area contributed by atoms with Crippen LogP contribution in [0, 0.1) is 26.7 Å². The normalized spacial score (nSPS) is 14.0. The van der Waals surface area contributed by atoms with Crippen LogP contribution in [0.25, 0.3) is 5.82 Å². The molecule has 2 aromatic heterocycles. The van der Waals surface area contributed by atoms with Gasteiger partial charge in [0.2, 0.25) is 11.8 Å². The summed E-state index contributed by atoms with van der Waals surface area (Å²) < 4.78 is 7.57. The summed E-state index contributed by atoms with van der Waals surface area (Å²) in [6.07, 6.45) is 6.72. The Kier molecular flexibility index (Phi) is 6.30.